The van der Waals surface area contributed by atoms with Crippen LogP contribution < -0.4 is 11.1 Å². The molecule has 6 nitrogen and oxygen atoms in total. The lowest BCUT2D eigenvalue weighted by molar-refractivity contribution is -0.140. The molecule has 0 spiro atoms. The first-order valence-electron chi connectivity index (χ1n) is 5.80. The largest absolute Gasteiger partial charge is 0.469 e. The summed E-state index contributed by atoms with van der Waals surface area (Å²) in [5.74, 6) is -0.968. The van der Waals surface area contributed by atoms with E-state index in [1.54, 1.807) is 18.2 Å². The van der Waals surface area contributed by atoms with Crippen molar-refractivity contribution < 1.29 is 19.1 Å². The molecular weight excluding hydrogens is 248 g/mol. The number of hydrogen-bond donors (Lipinski definition) is 2. The molecule has 1 aliphatic heterocycles. The van der Waals surface area contributed by atoms with Crippen LogP contribution in [0, 0.1) is 0 Å². The second-order valence-corrected chi connectivity index (χ2v) is 4.35. The van der Waals surface area contributed by atoms with Crippen LogP contribution in [-0.2, 0) is 20.7 Å². The van der Waals surface area contributed by atoms with E-state index < -0.39 is 12.0 Å². The number of benzene rings is 1. The minimum absolute atomic E-state index is 0.0986. The maximum atomic E-state index is 12.0. The maximum absolute atomic E-state index is 12.0. The summed E-state index contributed by atoms with van der Waals surface area (Å²) in [6.07, 6.45) is 0.0896. The first-order chi connectivity index (χ1) is 9.01. The average molecular weight is 262 g/mol. The molecule has 0 saturated heterocycles. The smallest absolute Gasteiger partial charge is 0.307 e. The van der Waals surface area contributed by atoms with Gasteiger partial charge in [0.2, 0.25) is 5.91 Å². The van der Waals surface area contributed by atoms with Crippen molar-refractivity contribution in [2.45, 2.75) is 18.9 Å². The molecule has 1 aromatic carbocycles. The monoisotopic (exact) mass is 262 g/mol. The molecule has 2 rings (SSSR count). The molecule has 3 N–H and O–H groups in total. The molecule has 6 heteroatoms. The van der Waals surface area contributed by atoms with Crippen molar-refractivity contribution in [3.05, 3.63) is 29.3 Å². The summed E-state index contributed by atoms with van der Waals surface area (Å²) in [5.41, 5.74) is 7.54. The number of nitrogens with two attached hydrogens (primary N) is 1. The van der Waals surface area contributed by atoms with Gasteiger partial charge in [0, 0.05) is 11.3 Å². The Hall–Kier alpha value is -2.21. The van der Waals surface area contributed by atoms with Gasteiger partial charge in [-0.1, -0.05) is 0 Å². The lowest BCUT2D eigenvalue weighted by Gasteiger charge is -2.10. The van der Waals surface area contributed by atoms with Crippen LogP contribution in [0.25, 0.3) is 0 Å². The zero-order valence-corrected chi connectivity index (χ0v) is 10.4. The number of fused-ring (bicyclic) bond motifs is 1. The van der Waals surface area contributed by atoms with Gasteiger partial charge >= 0.3 is 5.97 Å². The van der Waals surface area contributed by atoms with Crippen molar-refractivity contribution >= 4 is 23.3 Å². The molecular formula is C13H14N2O4. The van der Waals surface area contributed by atoms with Gasteiger partial charge in [-0.25, -0.2) is 0 Å². The van der Waals surface area contributed by atoms with E-state index in [4.69, 9.17) is 5.73 Å². The third-order valence-corrected chi connectivity index (χ3v) is 2.97. The third-order valence-electron chi connectivity index (χ3n) is 2.97. The van der Waals surface area contributed by atoms with Crippen molar-refractivity contribution in [1.29, 1.82) is 0 Å². The maximum Gasteiger partial charge on any atom is 0.307 e. The van der Waals surface area contributed by atoms with Crippen LogP contribution in [0.1, 0.15) is 22.3 Å². The van der Waals surface area contributed by atoms with Crippen LogP contribution in [0.2, 0.25) is 0 Å². The average Bonchev–Trinajstić information content (AvgIpc) is 2.76. The van der Waals surface area contributed by atoms with E-state index in [1.165, 1.54) is 7.11 Å². The van der Waals surface area contributed by atoms with Crippen molar-refractivity contribution in [1.82, 2.24) is 0 Å². The molecule has 0 aliphatic carbocycles. The highest BCUT2D eigenvalue weighted by Gasteiger charge is 2.23. The lowest BCUT2D eigenvalue weighted by atomic mass is 9.99. The van der Waals surface area contributed by atoms with E-state index in [1.807, 2.05) is 0 Å². The highest BCUT2D eigenvalue weighted by molar-refractivity contribution is 6.04. The molecule has 1 aliphatic rings. The Labute approximate surface area is 109 Å². The van der Waals surface area contributed by atoms with E-state index in [0.717, 1.165) is 5.56 Å². The van der Waals surface area contributed by atoms with Gasteiger partial charge in [-0.3, -0.25) is 14.4 Å². The standard InChI is InChI=1S/C13H14N2O4/c1-19-12(17)6-9(14)13(18)7-2-3-10-8(4-7)5-11(16)15-10/h2-4,9H,5-6,14H2,1H3,(H,15,16). The number of hydrogen-bond acceptors (Lipinski definition) is 5. The van der Waals surface area contributed by atoms with Gasteiger partial charge < -0.3 is 15.8 Å². The van der Waals surface area contributed by atoms with Gasteiger partial charge in [0.15, 0.2) is 5.78 Å². The van der Waals surface area contributed by atoms with E-state index in [-0.39, 0.29) is 24.5 Å². The van der Waals surface area contributed by atoms with Gasteiger partial charge in [0.1, 0.15) is 0 Å². The minimum Gasteiger partial charge on any atom is -0.469 e. The van der Waals surface area contributed by atoms with Gasteiger partial charge in [-0.15, -0.1) is 0 Å². The fourth-order valence-electron chi connectivity index (χ4n) is 1.95. The predicted octanol–water partition coefficient (Wildman–Crippen LogP) is 0.254. The van der Waals surface area contributed by atoms with Gasteiger partial charge in [0.25, 0.3) is 0 Å². The summed E-state index contributed by atoms with van der Waals surface area (Å²) in [7, 11) is 1.24. The molecule has 0 aromatic heterocycles. The number of amides is 1. The summed E-state index contributed by atoms with van der Waals surface area (Å²) in [4.78, 5) is 34.3. The molecule has 100 valence electrons. The highest BCUT2D eigenvalue weighted by atomic mass is 16.5. The van der Waals surface area contributed by atoms with E-state index in [0.29, 0.717) is 11.3 Å². The first-order valence-corrected chi connectivity index (χ1v) is 5.80. The summed E-state index contributed by atoms with van der Waals surface area (Å²) in [6.45, 7) is 0. The summed E-state index contributed by atoms with van der Waals surface area (Å²) in [6, 6.07) is 3.95. The Balaban J connectivity index is 2.14. The zero-order chi connectivity index (χ0) is 14.0. The second kappa shape index (κ2) is 5.19. The SMILES string of the molecule is COC(=O)CC(N)C(=O)c1ccc2c(c1)CC(=O)N2. The fourth-order valence-corrected chi connectivity index (χ4v) is 1.95. The number of esters is 1. The van der Waals surface area contributed by atoms with Crippen LogP contribution in [0.4, 0.5) is 5.69 Å². The Morgan fingerprint density at radius 2 is 2.21 bits per heavy atom. The molecule has 19 heavy (non-hydrogen) atoms. The number of carbonyl (C=O) groups is 3. The van der Waals surface area contributed by atoms with Crippen LogP contribution in [0.5, 0.6) is 0 Å². The number of ketones is 1. The van der Waals surface area contributed by atoms with Crippen LogP contribution >= 0.6 is 0 Å². The molecule has 1 amide bonds. The summed E-state index contributed by atoms with van der Waals surface area (Å²) < 4.78 is 4.47. The number of nitrogens with one attached hydrogen (secondary N) is 1. The number of methoxy groups -OCH3 is 1. The molecule has 0 bridgehead atoms. The summed E-state index contributed by atoms with van der Waals surface area (Å²) >= 11 is 0. The number of rotatable bonds is 4. The number of Topliss-reactive ketones (excluding diaryl/α,β-unsaturated/α-hetero) is 1. The molecule has 0 saturated carbocycles. The number of carbonyl (C=O) groups excluding carboxylic acids is 3. The first kappa shape index (κ1) is 13.2. The Morgan fingerprint density at radius 3 is 2.89 bits per heavy atom. The quantitative estimate of drug-likeness (QED) is 0.599. The summed E-state index contributed by atoms with van der Waals surface area (Å²) in [5, 5.41) is 2.68. The third kappa shape index (κ3) is 2.79. The minimum atomic E-state index is -0.935. The van der Waals surface area contributed by atoms with Crippen molar-refractivity contribution in [2.75, 3.05) is 12.4 Å². The van der Waals surface area contributed by atoms with Crippen molar-refractivity contribution in [3.8, 4) is 0 Å². The zero-order valence-electron chi connectivity index (χ0n) is 10.4. The highest BCUT2D eigenvalue weighted by Crippen LogP contribution is 2.24. The number of ether oxygens (including phenoxy) is 1. The predicted molar refractivity (Wildman–Crippen MR) is 67.7 cm³/mol. The van der Waals surface area contributed by atoms with Gasteiger partial charge in [-0.05, 0) is 23.8 Å². The molecule has 1 heterocycles. The van der Waals surface area contributed by atoms with Gasteiger partial charge in [-0.2, -0.15) is 0 Å². The Kier molecular flexibility index (Phi) is 3.62. The Bertz CT molecular complexity index is 554. The topological polar surface area (TPSA) is 98.5 Å². The van der Waals surface area contributed by atoms with Crippen molar-refractivity contribution in [3.63, 3.8) is 0 Å². The normalized spacial score (nSPS) is 14.5. The van der Waals surface area contributed by atoms with E-state index in [2.05, 4.69) is 10.1 Å². The van der Waals surface area contributed by atoms with Crippen LogP contribution in [0.15, 0.2) is 18.2 Å². The molecule has 1 atom stereocenters. The molecule has 0 radical (unpaired) electrons. The van der Waals surface area contributed by atoms with E-state index in [9.17, 15) is 14.4 Å². The van der Waals surface area contributed by atoms with Gasteiger partial charge in [0.05, 0.1) is 26.0 Å². The Morgan fingerprint density at radius 1 is 1.47 bits per heavy atom. The van der Waals surface area contributed by atoms with Crippen LogP contribution in [0.3, 0.4) is 0 Å². The number of anilines is 1. The van der Waals surface area contributed by atoms with Crippen molar-refractivity contribution in [2.24, 2.45) is 5.73 Å². The second-order valence-electron chi connectivity index (χ2n) is 4.35. The molecule has 1 unspecified atom stereocenters. The molecule has 1 aromatic rings. The van der Waals surface area contributed by atoms with Crippen LogP contribution in [-0.4, -0.2) is 30.8 Å². The molecule has 0 fully saturated rings. The lowest BCUT2D eigenvalue weighted by Crippen LogP contribution is -2.33. The van der Waals surface area contributed by atoms with E-state index >= 15 is 0 Å². The fraction of sp³-hybridized carbons (Fsp3) is 0.308.